The molecule has 0 unspecified atom stereocenters. The molecule has 5 heteroatoms. The number of benzene rings is 1. The minimum Gasteiger partial charge on any atom is -0.337 e. The van der Waals surface area contributed by atoms with Crippen molar-refractivity contribution in [1.29, 1.82) is 0 Å². The highest BCUT2D eigenvalue weighted by Gasteiger charge is 2.04. The Labute approximate surface area is 141 Å². The average molecular weight is 337 g/mol. The number of H-pyrrole nitrogens is 1. The number of hydrogen-bond acceptors (Lipinski definition) is 3. The summed E-state index contributed by atoms with van der Waals surface area (Å²) in [5, 5.41) is 2.97. The summed E-state index contributed by atoms with van der Waals surface area (Å²) in [6.07, 6.45) is 9.20. The number of aromatic amines is 1. The first-order valence-electron chi connectivity index (χ1n) is 8.12. The van der Waals surface area contributed by atoms with E-state index in [1.54, 1.807) is 0 Å². The minimum absolute atomic E-state index is 0.104. The standard InChI is InChI=1S/C17H24N2OS2/c1-2-3-4-5-6-7-8-9-16(20)18-13-10-11-14-15(12-13)22-17(21)19-14/h10-12H,2-9H2,1H3,(H,18,20)(H,19,21). The molecule has 0 fully saturated rings. The molecule has 0 atom stereocenters. The van der Waals surface area contributed by atoms with Gasteiger partial charge in [0.15, 0.2) is 3.95 Å². The second kappa shape index (κ2) is 9.06. The fourth-order valence-corrected chi connectivity index (χ4v) is 3.64. The molecule has 0 bridgehead atoms. The normalized spacial score (nSPS) is 11.0. The summed E-state index contributed by atoms with van der Waals surface area (Å²) in [4.78, 5) is 15.1. The number of unbranched alkanes of at least 4 members (excludes halogenated alkanes) is 6. The van der Waals surface area contributed by atoms with Crippen molar-refractivity contribution in [1.82, 2.24) is 4.98 Å². The summed E-state index contributed by atoms with van der Waals surface area (Å²) in [6.45, 7) is 2.23. The van der Waals surface area contributed by atoms with E-state index >= 15 is 0 Å². The van der Waals surface area contributed by atoms with Gasteiger partial charge >= 0.3 is 0 Å². The van der Waals surface area contributed by atoms with E-state index in [0.717, 1.165) is 32.7 Å². The number of nitrogens with one attached hydrogen (secondary N) is 2. The van der Waals surface area contributed by atoms with E-state index in [1.807, 2.05) is 18.2 Å². The summed E-state index contributed by atoms with van der Waals surface area (Å²) in [7, 11) is 0. The van der Waals surface area contributed by atoms with Gasteiger partial charge in [0.1, 0.15) is 0 Å². The lowest BCUT2D eigenvalue weighted by molar-refractivity contribution is -0.116. The van der Waals surface area contributed by atoms with Gasteiger partial charge in [-0.1, -0.05) is 45.4 Å². The zero-order valence-electron chi connectivity index (χ0n) is 13.1. The van der Waals surface area contributed by atoms with E-state index in [4.69, 9.17) is 12.2 Å². The molecule has 0 saturated heterocycles. The molecular weight excluding hydrogens is 312 g/mol. The lowest BCUT2D eigenvalue weighted by Crippen LogP contribution is -2.10. The highest BCUT2D eigenvalue weighted by Crippen LogP contribution is 2.23. The molecule has 3 nitrogen and oxygen atoms in total. The van der Waals surface area contributed by atoms with E-state index in [9.17, 15) is 4.79 Å². The van der Waals surface area contributed by atoms with Crippen molar-refractivity contribution < 1.29 is 4.79 Å². The average Bonchev–Trinajstić information content (AvgIpc) is 2.85. The van der Waals surface area contributed by atoms with E-state index in [2.05, 4.69) is 17.2 Å². The maximum Gasteiger partial charge on any atom is 0.224 e. The van der Waals surface area contributed by atoms with Crippen molar-refractivity contribution in [3.05, 3.63) is 22.2 Å². The van der Waals surface area contributed by atoms with Gasteiger partial charge in [0.2, 0.25) is 5.91 Å². The molecule has 2 N–H and O–H groups in total. The van der Waals surface area contributed by atoms with Crippen LogP contribution in [0, 0.1) is 3.95 Å². The monoisotopic (exact) mass is 336 g/mol. The molecule has 1 heterocycles. The van der Waals surface area contributed by atoms with Crippen molar-refractivity contribution in [3.8, 4) is 0 Å². The number of rotatable bonds is 9. The van der Waals surface area contributed by atoms with Crippen LogP contribution in [0.3, 0.4) is 0 Å². The molecule has 22 heavy (non-hydrogen) atoms. The Bertz CT molecular complexity index is 660. The van der Waals surface area contributed by atoms with Crippen molar-refractivity contribution in [2.75, 3.05) is 5.32 Å². The Morgan fingerprint density at radius 1 is 1.18 bits per heavy atom. The molecule has 0 aliphatic rings. The Balaban J connectivity index is 1.70. The number of carbonyl (C=O) groups excluding carboxylic acids is 1. The van der Waals surface area contributed by atoms with Crippen molar-refractivity contribution in [3.63, 3.8) is 0 Å². The SMILES string of the molecule is CCCCCCCCCC(=O)Nc1ccc2[nH]c(=S)sc2c1. The summed E-state index contributed by atoms with van der Waals surface area (Å²) < 4.78 is 1.85. The van der Waals surface area contributed by atoms with Crippen molar-refractivity contribution >= 4 is 45.4 Å². The molecule has 0 aliphatic carbocycles. The molecule has 2 rings (SSSR count). The molecule has 1 amide bonds. The van der Waals surface area contributed by atoms with Crippen LogP contribution in [0.4, 0.5) is 5.69 Å². The van der Waals surface area contributed by atoms with Crippen LogP contribution in [-0.2, 0) is 4.79 Å². The number of amides is 1. The van der Waals surface area contributed by atoms with Crippen LogP contribution < -0.4 is 5.32 Å². The molecule has 0 spiro atoms. The van der Waals surface area contributed by atoms with Gasteiger partial charge in [0, 0.05) is 12.1 Å². The zero-order valence-corrected chi connectivity index (χ0v) is 14.7. The van der Waals surface area contributed by atoms with Crippen molar-refractivity contribution in [2.45, 2.75) is 58.3 Å². The van der Waals surface area contributed by atoms with Crippen LogP contribution in [0.1, 0.15) is 58.3 Å². The second-order valence-corrected chi connectivity index (χ2v) is 7.36. The maximum atomic E-state index is 12.0. The third kappa shape index (κ3) is 5.54. The highest BCUT2D eigenvalue weighted by molar-refractivity contribution is 7.73. The molecule has 2 aromatic rings. The number of fused-ring (bicyclic) bond motifs is 1. The van der Waals surface area contributed by atoms with Gasteiger partial charge in [0.25, 0.3) is 0 Å². The van der Waals surface area contributed by atoms with Gasteiger partial charge in [-0.3, -0.25) is 4.79 Å². The first kappa shape index (κ1) is 17.2. The Morgan fingerprint density at radius 2 is 1.91 bits per heavy atom. The predicted molar refractivity (Wildman–Crippen MR) is 98.2 cm³/mol. The Hall–Kier alpha value is -1.20. The van der Waals surface area contributed by atoms with Crippen molar-refractivity contribution in [2.24, 2.45) is 0 Å². The number of aromatic nitrogens is 1. The van der Waals surface area contributed by atoms with E-state index in [1.165, 1.54) is 43.4 Å². The third-order valence-corrected chi connectivity index (χ3v) is 4.91. The fraction of sp³-hybridized carbons (Fsp3) is 0.529. The van der Waals surface area contributed by atoms with Gasteiger partial charge in [-0.15, -0.1) is 11.3 Å². The Kier molecular flexibility index (Phi) is 7.06. The number of anilines is 1. The van der Waals surface area contributed by atoms with E-state index < -0.39 is 0 Å². The molecule has 120 valence electrons. The topological polar surface area (TPSA) is 44.9 Å². The minimum atomic E-state index is 0.104. The molecule has 0 aliphatic heterocycles. The highest BCUT2D eigenvalue weighted by atomic mass is 32.1. The second-order valence-electron chi connectivity index (χ2n) is 5.64. The van der Waals surface area contributed by atoms with Gasteiger partial charge in [-0.25, -0.2) is 0 Å². The first-order chi connectivity index (χ1) is 10.7. The third-order valence-electron chi connectivity index (χ3n) is 3.71. The maximum absolute atomic E-state index is 12.0. The van der Waals surface area contributed by atoms with E-state index in [-0.39, 0.29) is 5.91 Å². The number of thiazole rings is 1. The molecule has 0 radical (unpaired) electrons. The fourth-order valence-electron chi connectivity index (χ4n) is 2.49. The predicted octanol–water partition coefficient (Wildman–Crippen LogP) is 6.04. The van der Waals surface area contributed by atoms with E-state index in [0.29, 0.717) is 6.42 Å². The molecule has 1 aromatic heterocycles. The first-order valence-corrected chi connectivity index (χ1v) is 9.34. The Morgan fingerprint density at radius 3 is 2.68 bits per heavy atom. The summed E-state index contributed by atoms with van der Waals surface area (Å²) in [5.74, 6) is 0.104. The van der Waals surface area contributed by atoms with Gasteiger partial charge in [-0.2, -0.15) is 0 Å². The summed E-state index contributed by atoms with van der Waals surface area (Å²) in [6, 6.07) is 5.86. The van der Waals surface area contributed by atoms with Crippen LogP contribution in [0.15, 0.2) is 18.2 Å². The van der Waals surface area contributed by atoms with Gasteiger partial charge in [0.05, 0.1) is 10.2 Å². The van der Waals surface area contributed by atoms with Crippen LogP contribution in [0.25, 0.3) is 10.2 Å². The number of hydrogen-bond donors (Lipinski definition) is 2. The molecule has 0 saturated carbocycles. The van der Waals surface area contributed by atoms with Crippen LogP contribution in [-0.4, -0.2) is 10.9 Å². The molecular formula is C17H24N2OS2. The van der Waals surface area contributed by atoms with Crippen LogP contribution in [0.2, 0.25) is 0 Å². The van der Waals surface area contributed by atoms with Crippen LogP contribution >= 0.6 is 23.6 Å². The van der Waals surface area contributed by atoms with Gasteiger partial charge in [-0.05, 0) is 36.8 Å². The lowest BCUT2D eigenvalue weighted by Gasteiger charge is -2.05. The molecule has 1 aromatic carbocycles. The van der Waals surface area contributed by atoms with Crippen LogP contribution in [0.5, 0.6) is 0 Å². The lowest BCUT2D eigenvalue weighted by atomic mass is 10.1. The largest absolute Gasteiger partial charge is 0.337 e. The quantitative estimate of drug-likeness (QED) is 0.433. The summed E-state index contributed by atoms with van der Waals surface area (Å²) >= 11 is 6.66. The smallest absolute Gasteiger partial charge is 0.224 e. The van der Waals surface area contributed by atoms with Gasteiger partial charge < -0.3 is 10.3 Å². The number of carbonyl (C=O) groups is 1. The summed E-state index contributed by atoms with van der Waals surface area (Å²) in [5.41, 5.74) is 1.88. The zero-order chi connectivity index (χ0) is 15.8.